The van der Waals surface area contributed by atoms with Gasteiger partial charge in [-0.1, -0.05) is 5.92 Å². The first kappa shape index (κ1) is 10.4. The van der Waals surface area contributed by atoms with Crippen LogP contribution in [0.5, 0.6) is 0 Å². The molecule has 4 heteroatoms. The van der Waals surface area contributed by atoms with Gasteiger partial charge in [0.2, 0.25) is 0 Å². The second kappa shape index (κ2) is 3.78. The molecule has 1 aliphatic rings. The molecular weight excluding hydrogens is 209 g/mol. The standard InChI is InChI=1S/C12H8FNO2/c1-2-3-6-14-11(15)9-5-4-8(13)7-10(9)12(14)16/h4-5,7H,6H2,1H3. The maximum absolute atomic E-state index is 12.9. The van der Waals surface area contributed by atoms with Crippen LogP contribution in [0.2, 0.25) is 0 Å². The predicted octanol–water partition coefficient (Wildman–Crippen LogP) is 1.45. The van der Waals surface area contributed by atoms with Crippen LogP contribution in [0, 0.1) is 17.7 Å². The van der Waals surface area contributed by atoms with Crippen molar-refractivity contribution >= 4 is 11.8 Å². The molecule has 1 aromatic rings. The molecule has 80 valence electrons. The normalized spacial score (nSPS) is 13.5. The first-order valence-electron chi connectivity index (χ1n) is 4.70. The van der Waals surface area contributed by atoms with Crippen molar-refractivity contribution in [3.8, 4) is 11.8 Å². The molecule has 0 N–H and O–H groups in total. The van der Waals surface area contributed by atoms with Crippen LogP contribution < -0.4 is 0 Å². The van der Waals surface area contributed by atoms with E-state index in [1.54, 1.807) is 6.92 Å². The molecule has 0 aliphatic carbocycles. The van der Waals surface area contributed by atoms with E-state index >= 15 is 0 Å². The molecule has 0 bridgehead atoms. The molecule has 0 aromatic heterocycles. The van der Waals surface area contributed by atoms with Gasteiger partial charge in [-0.05, 0) is 25.1 Å². The first-order chi connectivity index (χ1) is 7.65. The molecule has 2 amide bonds. The largest absolute Gasteiger partial charge is 0.269 e. The van der Waals surface area contributed by atoms with Crippen molar-refractivity contribution < 1.29 is 14.0 Å². The Labute approximate surface area is 91.9 Å². The molecule has 2 rings (SSSR count). The maximum atomic E-state index is 12.9. The van der Waals surface area contributed by atoms with E-state index in [-0.39, 0.29) is 17.7 Å². The number of hydrogen-bond acceptors (Lipinski definition) is 2. The zero-order chi connectivity index (χ0) is 11.7. The summed E-state index contributed by atoms with van der Waals surface area (Å²) in [6, 6.07) is 3.57. The van der Waals surface area contributed by atoms with Crippen molar-refractivity contribution in [1.29, 1.82) is 0 Å². The number of hydrogen-bond donors (Lipinski definition) is 0. The van der Waals surface area contributed by atoms with E-state index < -0.39 is 17.6 Å². The van der Waals surface area contributed by atoms with E-state index in [0.29, 0.717) is 0 Å². The molecule has 0 saturated heterocycles. The van der Waals surface area contributed by atoms with Gasteiger partial charge < -0.3 is 0 Å². The van der Waals surface area contributed by atoms with Gasteiger partial charge in [-0.2, -0.15) is 0 Å². The third kappa shape index (κ3) is 1.47. The highest BCUT2D eigenvalue weighted by Gasteiger charge is 2.34. The Morgan fingerprint density at radius 1 is 1.25 bits per heavy atom. The second-order valence-corrected chi connectivity index (χ2v) is 3.31. The van der Waals surface area contributed by atoms with Crippen molar-refractivity contribution in [2.45, 2.75) is 6.92 Å². The quantitative estimate of drug-likeness (QED) is 0.527. The fourth-order valence-electron chi connectivity index (χ4n) is 1.56. The van der Waals surface area contributed by atoms with Gasteiger partial charge in [-0.15, -0.1) is 5.92 Å². The summed E-state index contributed by atoms with van der Waals surface area (Å²) < 4.78 is 12.9. The molecule has 0 atom stereocenters. The molecular formula is C12H8FNO2. The number of amides is 2. The molecule has 0 fully saturated rings. The number of benzene rings is 1. The van der Waals surface area contributed by atoms with Crippen molar-refractivity contribution in [2.75, 3.05) is 6.54 Å². The van der Waals surface area contributed by atoms with E-state index in [4.69, 9.17) is 0 Å². The fourth-order valence-corrected chi connectivity index (χ4v) is 1.56. The number of halogens is 1. The summed E-state index contributed by atoms with van der Waals surface area (Å²) in [5.74, 6) is 3.82. The minimum Gasteiger partial charge on any atom is -0.269 e. The fraction of sp³-hybridized carbons (Fsp3) is 0.167. The minimum absolute atomic E-state index is 0.0461. The van der Waals surface area contributed by atoms with Gasteiger partial charge in [0.05, 0.1) is 17.7 Å². The van der Waals surface area contributed by atoms with Crippen LogP contribution in [0.4, 0.5) is 4.39 Å². The third-order valence-corrected chi connectivity index (χ3v) is 2.35. The van der Waals surface area contributed by atoms with Crippen LogP contribution in [0.1, 0.15) is 27.6 Å². The maximum Gasteiger partial charge on any atom is 0.262 e. The van der Waals surface area contributed by atoms with Crippen molar-refractivity contribution in [2.24, 2.45) is 0 Å². The van der Waals surface area contributed by atoms with Gasteiger partial charge in [0, 0.05) is 0 Å². The molecule has 3 nitrogen and oxygen atoms in total. The smallest absolute Gasteiger partial charge is 0.262 e. The van der Waals surface area contributed by atoms with E-state index in [1.807, 2.05) is 0 Å². The number of imide groups is 1. The van der Waals surface area contributed by atoms with Crippen molar-refractivity contribution in [1.82, 2.24) is 4.90 Å². The monoisotopic (exact) mass is 217 g/mol. The lowest BCUT2D eigenvalue weighted by molar-refractivity contribution is 0.0675. The Hall–Kier alpha value is -2.15. The summed E-state index contributed by atoms with van der Waals surface area (Å²) in [5, 5.41) is 0. The first-order valence-corrected chi connectivity index (χ1v) is 4.70. The van der Waals surface area contributed by atoms with Crippen LogP contribution in [-0.4, -0.2) is 23.3 Å². The summed E-state index contributed by atoms with van der Waals surface area (Å²) in [6.07, 6.45) is 0. The molecule has 0 spiro atoms. The topological polar surface area (TPSA) is 37.4 Å². The van der Waals surface area contributed by atoms with Crippen molar-refractivity contribution in [3.63, 3.8) is 0 Å². The lowest BCUT2D eigenvalue weighted by Crippen LogP contribution is -2.29. The van der Waals surface area contributed by atoms with Crippen LogP contribution in [0.15, 0.2) is 18.2 Å². The number of nitrogens with zero attached hydrogens (tertiary/aromatic N) is 1. The summed E-state index contributed by atoms with van der Waals surface area (Å²) in [6.45, 7) is 1.67. The Kier molecular flexibility index (Phi) is 2.45. The highest BCUT2D eigenvalue weighted by atomic mass is 19.1. The minimum atomic E-state index is -0.525. The van der Waals surface area contributed by atoms with E-state index in [0.717, 1.165) is 11.0 Å². The Morgan fingerprint density at radius 2 is 1.94 bits per heavy atom. The molecule has 1 aromatic carbocycles. The summed E-state index contributed by atoms with van der Waals surface area (Å²) in [7, 11) is 0. The molecule has 16 heavy (non-hydrogen) atoms. The van der Waals surface area contributed by atoms with Crippen LogP contribution in [-0.2, 0) is 0 Å². The molecule has 1 heterocycles. The van der Waals surface area contributed by atoms with Gasteiger partial charge in [-0.25, -0.2) is 4.39 Å². The highest BCUT2D eigenvalue weighted by Crippen LogP contribution is 2.22. The lowest BCUT2D eigenvalue weighted by Gasteiger charge is -2.08. The summed E-state index contributed by atoms with van der Waals surface area (Å²) >= 11 is 0. The molecule has 0 radical (unpaired) electrons. The Balaban J connectivity index is 2.43. The van der Waals surface area contributed by atoms with Gasteiger partial charge in [0.15, 0.2) is 0 Å². The molecule has 0 unspecified atom stereocenters. The highest BCUT2D eigenvalue weighted by molar-refractivity contribution is 6.21. The molecule has 0 saturated carbocycles. The summed E-state index contributed by atoms with van der Waals surface area (Å²) in [5.41, 5.74) is 0.354. The van der Waals surface area contributed by atoms with E-state index in [2.05, 4.69) is 11.8 Å². The van der Waals surface area contributed by atoms with Gasteiger partial charge in [0.1, 0.15) is 5.82 Å². The Bertz CT molecular complexity index is 540. The number of rotatable bonds is 1. The average Bonchev–Trinajstić information content (AvgIpc) is 2.50. The van der Waals surface area contributed by atoms with Crippen LogP contribution >= 0.6 is 0 Å². The number of carbonyl (C=O) groups is 2. The average molecular weight is 217 g/mol. The third-order valence-electron chi connectivity index (χ3n) is 2.35. The predicted molar refractivity (Wildman–Crippen MR) is 55.2 cm³/mol. The van der Waals surface area contributed by atoms with Crippen LogP contribution in [0.25, 0.3) is 0 Å². The zero-order valence-electron chi connectivity index (χ0n) is 8.58. The van der Waals surface area contributed by atoms with Crippen molar-refractivity contribution in [3.05, 3.63) is 35.1 Å². The molecule has 1 aliphatic heterocycles. The van der Waals surface area contributed by atoms with Gasteiger partial charge in [-0.3, -0.25) is 14.5 Å². The lowest BCUT2D eigenvalue weighted by atomic mass is 10.1. The number of carbonyl (C=O) groups excluding carboxylic acids is 2. The second-order valence-electron chi connectivity index (χ2n) is 3.31. The summed E-state index contributed by atoms with van der Waals surface area (Å²) in [4.78, 5) is 24.5. The Morgan fingerprint density at radius 3 is 2.62 bits per heavy atom. The SMILES string of the molecule is CC#CCN1C(=O)c2ccc(F)cc2C1=O. The van der Waals surface area contributed by atoms with Gasteiger partial charge >= 0.3 is 0 Å². The zero-order valence-corrected chi connectivity index (χ0v) is 8.58. The van der Waals surface area contributed by atoms with Crippen LogP contribution in [0.3, 0.4) is 0 Å². The van der Waals surface area contributed by atoms with E-state index in [1.165, 1.54) is 12.1 Å². The number of fused-ring (bicyclic) bond motifs is 1. The van der Waals surface area contributed by atoms with E-state index in [9.17, 15) is 14.0 Å². The van der Waals surface area contributed by atoms with Gasteiger partial charge in [0.25, 0.3) is 11.8 Å².